The first-order valence-electron chi connectivity index (χ1n) is 7.74. The van der Waals surface area contributed by atoms with E-state index >= 15 is 0 Å². The van der Waals surface area contributed by atoms with Gasteiger partial charge in [0.25, 0.3) is 0 Å². The molecule has 0 amide bonds. The number of hydrogen-bond acceptors (Lipinski definition) is 5. The number of thiophene rings is 1. The molecule has 5 heteroatoms. The van der Waals surface area contributed by atoms with Crippen molar-refractivity contribution in [1.29, 1.82) is 0 Å². The van der Waals surface area contributed by atoms with Gasteiger partial charge in [-0.3, -0.25) is 4.98 Å². The Morgan fingerprint density at radius 2 is 2.00 bits per heavy atom. The monoisotopic (exact) mass is 332 g/mol. The highest BCUT2D eigenvalue weighted by molar-refractivity contribution is 7.08. The minimum absolute atomic E-state index is 0.707. The predicted molar refractivity (Wildman–Crippen MR) is 99.2 cm³/mol. The van der Waals surface area contributed by atoms with Gasteiger partial charge >= 0.3 is 0 Å². The summed E-state index contributed by atoms with van der Waals surface area (Å²) in [5.74, 6) is 1.61. The number of aromatic nitrogens is 3. The number of hydrogen-bond donors (Lipinski definition) is 1. The summed E-state index contributed by atoms with van der Waals surface area (Å²) in [6, 6.07) is 12.2. The molecule has 1 N–H and O–H groups in total. The zero-order valence-electron chi connectivity index (χ0n) is 13.2. The summed E-state index contributed by atoms with van der Waals surface area (Å²) >= 11 is 1.65. The van der Waals surface area contributed by atoms with Gasteiger partial charge in [-0.1, -0.05) is 12.1 Å². The molecule has 0 saturated carbocycles. The van der Waals surface area contributed by atoms with Gasteiger partial charge in [-0.2, -0.15) is 11.3 Å². The summed E-state index contributed by atoms with van der Waals surface area (Å²) in [5, 5.41) is 8.62. The number of rotatable bonds is 4. The van der Waals surface area contributed by atoms with E-state index in [1.807, 2.05) is 48.1 Å². The fourth-order valence-electron chi connectivity index (χ4n) is 2.61. The second kappa shape index (κ2) is 6.37. The highest BCUT2D eigenvalue weighted by atomic mass is 32.1. The molecule has 1 aromatic carbocycles. The standard InChI is InChI=1S/C19H16N4S/c1-13-10-20-8-6-14(13)11-21-19-16-4-2-3-5-17(16)22-18(23-19)15-7-9-24-12-15/h2-10,12H,11H2,1H3,(H,21,22,23). The largest absolute Gasteiger partial charge is 0.365 e. The molecule has 0 unspecified atom stereocenters. The highest BCUT2D eigenvalue weighted by Gasteiger charge is 2.10. The highest BCUT2D eigenvalue weighted by Crippen LogP contribution is 2.26. The zero-order valence-corrected chi connectivity index (χ0v) is 14.0. The second-order valence-corrected chi connectivity index (χ2v) is 6.36. The minimum atomic E-state index is 0.707. The lowest BCUT2D eigenvalue weighted by atomic mass is 10.1. The molecule has 0 saturated heterocycles. The first-order chi connectivity index (χ1) is 11.8. The van der Waals surface area contributed by atoms with Crippen LogP contribution in [-0.2, 0) is 6.54 Å². The summed E-state index contributed by atoms with van der Waals surface area (Å²) in [5.41, 5.74) is 4.38. The summed E-state index contributed by atoms with van der Waals surface area (Å²) < 4.78 is 0. The van der Waals surface area contributed by atoms with E-state index in [9.17, 15) is 0 Å². The number of nitrogens with zero attached hydrogens (tertiary/aromatic N) is 3. The first-order valence-corrected chi connectivity index (χ1v) is 8.68. The van der Waals surface area contributed by atoms with Gasteiger partial charge in [0.2, 0.25) is 0 Å². The first kappa shape index (κ1) is 14.8. The van der Waals surface area contributed by atoms with Crippen molar-refractivity contribution >= 4 is 28.1 Å². The van der Waals surface area contributed by atoms with E-state index in [2.05, 4.69) is 28.7 Å². The van der Waals surface area contributed by atoms with Gasteiger partial charge < -0.3 is 5.32 Å². The summed E-state index contributed by atoms with van der Waals surface area (Å²) in [6.07, 6.45) is 3.70. The van der Waals surface area contributed by atoms with Crippen molar-refractivity contribution in [3.8, 4) is 11.4 Å². The number of para-hydroxylation sites is 1. The van der Waals surface area contributed by atoms with E-state index in [0.717, 1.165) is 28.1 Å². The molecular formula is C19H16N4S. The van der Waals surface area contributed by atoms with Crippen LogP contribution >= 0.6 is 11.3 Å². The number of benzene rings is 1. The Morgan fingerprint density at radius 1 is 1.08 bits per heavy atom. The smallest absolute Gasteiger partial charge is 0.162 e. The van der Waals surface area contributed by atoms with Gasteiger partial charge in [0.1, 0.15) is 5.82 Å². The molecule has 0 fully saturated rings. The predicted octanol–water partition coefficient (Wildman–Crippen LogP) is 4.67. The van der Waals surface area contributed by atoms with Crippen molar-refractivity contribution in [2.24, 2.45) is 0 Å². The van der Waals surface area contributed by atoms with Crippen molar-refractivity contribution < 1.29 is 0 Å². The molecule has 0 bridgehead atoms. The number of fused-ring (bicyclic) bond motifs is 1. The molecule has 4 aromatic rings. The van der Waals surface area contributed by atoms with E-state index in [-0.39, 0.29) is 0 Å². The van der Waals surface area contributed by atoms with Gasteiger partial charge in [-0.05, 0) is 47.7 Å². The number of anilines is 1. The Labute approximate surface area is 144 Å². The minimum Gasteiger partial charge on any atom is -0.365 e. The molecule has 0 aliphatic carbocycles. The van der Waals surface area contributed by atoms with Crippen LogP contribution in [0, 0.1) is 6.92 Å². The molecule has 3 aromatic heterocycles. The number of aryl methyl sites for hydroxylation is 1. The van der Waals surface area contributed by atoms with Crippen LogP contribution in [0.5, 0.6) is 0 Å². The molecule has 4 nitrogen and oxygen atoms in total. The fraction of sp³-hybridized carbons (Fsp3) is 0.105. The van der Waals surface area contributed by atoms with E-state index < -0.39 is 0 Å². The summed E-state index contributed by atoms with van der Waals surface area (Å²) in [7, 11) is 0. The van der Waals surface area contributed by atoms with Gasteiger partial charge in [-0.25, -0.2) is 9.97 Å². The van der Waals surface area contributed by atoms with Crippen LogP contribution in [0.15, 0.2) is 59.6 Å². The molecule has 0 aliphatic rings. The number of nitrogens with one attached hydrogen (secondary N) is 1. The Bertz CT molecular complexity index is 980. The summed E-state index contributed by atoms with van der Waals surface area (Å²) in [6.45, 7) is 2.78. The molecule has 3 heterocycles. The van der Waals surface area contributed by atoms with Gasteiger partial charge in [0.15, 0.2) is 5.82 Å². The third-order valence-electron chi connectivity index (χ3n) is 3.97. The average Bonchev–Trinajstić information content (AvgIpc) is 3.15. The summed E-state index contributed by atoms with van der Waals surface area (Å²) in [4.78, 5) is 13.6. The van der Waals surface area contributed by atoms with E-state index in [1.165, 1.54) is 11.1 Å². The Hall–Kier alpha value is -2.79. The third-order valence-corrected chi connectivity index (χ3v) is 4.65. The Morgan fingerprint density at radius 3 is 2.83 bits per heavy atom. The molecule has 0 atom stereocenters. The average molecular weight is 332 g/mol. The lowest BCUT2D eigenvalue weighted by molar-refractivity contribution is 1.07. The van der Waals surface area contributed by atoms with Crippen LogP contribution in [0.1, 0.15) is 11.1 Å². The normalized spacial score (nSPS) is 10.9. The van der Waals surface area contributed by atoms with Crippen molar-refractivity contribution in [3.05, 3.63) is 70.7 Å². The van der Waals surface area contributed by atoms with Gasteiger partial charge in [0.05, 0.1) is 5.52 Å². The molecule has 0 radical (unpaired) electrons. The van der Waals surface area contributed by atoms with E-state index in [1.54, 1.807) is 11.3 Å². The van der Waals surface area contributed by atoms with E-state index in [4.69, 9.17) is 9.97 Å². The van der Waals surface area contributed by atoms with Gasteiger partial charge in [-0.15, -0.1) is 0 Å². The third kappa shape index (κ3) is 2.86. The van der Waals surface area contributed by atoms with Crippen molar-refractivity contribution in [3.63, 3.8) is 0 Å². The molecule has 24 heavy (non-hydrogen) atoms. The molecule has 4 rings (SSSR count). The van der Waals surface area contributed by atoms with Gasteiger partial charge in [0, 0.05) is 35.3 Å². The quantitative estimate of drug-likeness (QED) is 0.590. The van der Waals surface area contributed by atoms with Crippen LogP contribution in [0.3, 0.4) is 0 Å². The maximum absolute atomic E-state index is 4.76. The zero-order chi connectivity index (χ0) is 16.4. The van der Waals surface area contributed by atoms with Crippen LogP contribution < -0.4 is 5.32 Å². The van der Waals surface area contributed by atoms with Crippen LogP contribution in [0.4, 0.5) is 5.82 Å². The molecule has 0 aliphatic heterocycles. The number of pyridine rings is 1. The lowest BCUT2D eigenvalue weighted by Gasteiger charge is -2.11. The second-order valence-electron chi connectivity index (χ2n) is 5.58. The molecule has 0 spiro atoms. The van der Waals surface area contributed by atoms with Crippen molar-refractivity contribution in [2.45, 2.75) is 13.5 Å². The van der Waals surface area contributed by atoms with Crippen LogP contribution in [0.25, 0.3) is 22.3 Å². The van der Waals surface area contributed by atoms with Crippen molar-refractivity contribution in [1.82, 2.24) is 15.0 Å². The lowest BCUT2D eigenvalue weighted by Crippen LogP contribution is -2.05. The Kier molecular flexibility index (Phi) is 3.92. The van der Waals surface area contributed by atoms with Crippen molar-refractivity contribution in [2.75, 3.05) is 5.32 Å². The van der Waals surface area contributed by atoms with Crippen LogP contribution in [-0.4, -0.2) is 15.0 Å². The van der Waals surface area contributed by atoms with Crippen LogP contribution in [0.2, 0.25) is 0 Å². The Balaban J connectivity index is 1.74. The van der Waals surface area contributed by atoms with E-state index in [0.29, 0.717) is 6.54 Å². The molecular weight excluding hydrogens is 316 g/mol. The molecule has 118 valence electrons. The SMILES string of the molecule is Cc1cnccc1CNc1nc(-c2ccsc2)nc2ccccc12. The fourth-order valence-corrected chi connectivity index (χ4v) is 3.25. The topological polar surface area (TPSA) is 50.7 Å². The maximum atomic E-state index is 4.76. The maximum Gasteiger partial charge on any atom is 0.162 e.